The molecular formula is C15H15BrN2. The van der Waals surface area contributed by atoms with Gasteiger partial charge < -0.3 is 0 Å². The maximum atomic E-state index is 4.70. The largest absolute Gasteiger partial charge is 0.233 e. The second-order valence-corrected chi connectivity index (χ2v) is 5.82. The molecule has 0 saturated heterocycles. The third kappa shape index (κ3) is 2.32. The quantitative estimate of drug-likeness (QED) is 0.768. The summed E-state index contributed by atoms with van der Waals surface area (Å²) in [5.41, 5.74) is 4.80. The van der Waals surface area contributed by atoms with Crippen LogP contribution in [0.25, 0.3) is 11.3 Å². The van der Waals surface area contributed by atoms with Crippen LogP contribution < -0.4 is 0 Å². The monoisotopic (exact) mass is 302 g/mol. The number of nitrogens with zero attached hydrogens (tertiary/aromatic N) is 2. The number of halogens is 1. The van der Waals surface area contributed by atoms with E-state index in [9.17, 15) is 0 Å². The molecule has 1 aliphatic carbocycles. The Bertz CT molecular complexity index is 603. The highest BCUT2D eigenvalue weighted by atomic mass is 79.9. The Morgan fingerprint density at radius 3 is 2.50 bits per heavy atom. The van der Waals surface area contributed by atoms with Crippen molar-refractivity contribution >= 4 is 15.9 Å². The normalized spacial score (nSPS) is 14.8. The van der Waals surface area contributed by atoms with Crippen molar-refractivity contribution in [2.24, 2.45) is 0 Å². The van der Waals surface area contributed by atoms with Crippen molar-refractivity contribution in [2.75, 3.05) is 0 Å². The van der Waals surface area contributed by atoms with Crippen molar-refractivity contribution in [2.45, 2.75) is 32.6 Å². The molecule has 1 aromatic heterocycles. The number of hydrogen-bond donors (Lipinski definition) is 0. The Balaban J connectivity index is 2.07. The summed E-state index contributed by atoms with van der Waals surface area (Å²) < 4.78 is 0.882. The molecule has 92 valence electrons. The van der Waals surface area contributed by atoms with Crippen molar-refractivity contribution < 1.29 is 0 Å². The lowest BCUT2D eigenvalue weighted by Crippen LogP contribution is -1.96. The van der Waals surface area contributed by atoms with E-state index in [1.807, 2.05) is 6.07 Å². The zero-order valence-electron chi connectivity index (χ0n) is 10.6. The van der Waals surface area contributed by atoms with Crippen LogP contribution >= 0.6 is 15.9 Å². The Kier molecular flexibility index (Phi) is 2.94. The number of benzene rings is 1. The molecule has 1 heterocycles. The Hall–Kier alpha value is -1.22. The van der Waals surface area contributed by atoms with E-state index in [1.165, 1.54) is 29.5 Å². The van der Waals surface area contributed by atoms with Gasteiger partial charge in [0.25, 0.3) is 0 Å². The minimum Gasteiger partial charge on any atom is -0.233 e. The SMILES string of the molecule is Cc1ccc(-c2cc(Br)nc(C3CC3)n2)cc1C. The fourth-order valence-electron chi connectivity index (χ4n) is 2.01. The molecule has 1 saturated carbocycles. The first-order valence-corrected chi connectivity index (χ1v) is 7.05. The molecule has 1 fully saturated rings. The van der Waals surface area contributed by atoms with Crippen molar-refractivity contribution in [3.63, 3.8) is 0 Å². The number of aryl methyl sites for hydroxylation is 2. The van der Waals surface area contributed by atoms with Gasteiger partial charge in [0.1, 0.15) is 10.4 Å². The fourth-order valence-corrected chi connectivity index (χ4v) is 2.41. The smallest absolute Gasteiger partial charge is 0.133 e. The van der Waals surface area contributed by atoms with Crippen LogP contribution in [0.5, 0.6) is 0 Å². The van der Waals surface area contributed by atoms with Gasteiger partial charge >= 0.3 is 0 Å². The predicted octanol–water partition coefficient (Wildman–Crippen LogP) is 4.40. The molecule has 1 aromatic carbocycles. The summed E-state index contributed by atoms with van der Waals surface area (Å²) in [6, 6.07) is 8.47. The van der Waals surface area contributed by atoms with Gasteiger partial charge in [-0.3, -0.25) is 0 Å². The standard InChI is InChI=1S/C15H15BrN2/c1-9-3-4-12(7-10(9)2)13-8-14(16)18-15(17-13)11-5-6-11/h3-4,7-8,11H,5-6H2,1-2H3. The summed E-state index contributed by atoms with van der Waals surface area (Å²) in [6.45, 7) is 4.27. The zero-order chi connectivity index (χ0) is 12.7. The van der Waals surface area contributed by atoms with Gasteiger partial charge in [-0.05, 0) is 65.9 Å². The summed E-state index contributed by atoms with van der Waals surface area (Å²) >= 11 is 3.49. The molecule has 0 amide bonds. The second-order valence-electron chi connectivity index (χ2n) is 5.01. The molecule has 2 nitrogen and oxygen atoms in total. The average molecular weight is 303 g/mol. The van der Waals surface area contributed by atoms with Crippen LogP contribution in [-0.4, -0.2) is 9.97 Å². The van der Waals surface area contributed by atoms with Gasteiger partial charge in [0, 0.05) is 11.5 Å². The topological polar surface area (TPSA) is 25.8 Å². The van der Waals surface area contributed by atoms with E-state index in [0.717, 1.165) is 16.1 Å². The van der Waals surface area contributed by atoms with Crippen molar-refractivity contribution in [1.82, 2.24) is 9.97 Å². The molecule has 0 spiro atoms. The van der Waals surface area contributed by atoms with Gasteiger partial charge in [-0.15, -0.1) is 0 Å². The molecular weight excluding hydrogens is 288 g/mol. The third-order valence-electron chi connectivity index (χ3n) is 3.46. The zero-order valence-corrected chi connectivity index (χ0v) is 12.2. The molecule has 0 bridgehead atoms. The maximum Gasteiger partial charge on any atom is 0.133 e. The van der Waals surface area contributed by atoms with Gasteiger partial charge in [0.15, 0.2) is 0 Å². The van der Waals surface area contributed by atoms with Crippen LogP contribution in [0.4, 0.5) is 0 Å². The van der Waals surface area contributed by atoms with E-state index in [-0.39, 0.29) is 0 Å². The van der Waals surface area contributed by atoms with Crippen molar-refractivity contribution in [1.29, 1.82) is 0 Å². The molecule has 3 rings (SSSR count). The van der Waals surface area contributed by atoms with Crippen molar-refractivity contribution in [3.05, 3.63) is 45.8 Å². The fraction of sp³-hybridized carbons (Fsp3) is 0.333. The van der Waals surface area contributed by atoms with Crippen LogP contribution in [-0.2, 0) is 0 Å². The molecule has 0 N–H and O–H groups in total. The molecule has 0 radical (unpaired) electrons. The molecule has 2 aromatic rings. The highest BCUT2D eigenvalue weighted by molar-refractivity contribution is 9.10. The lowest BCUT2D eigenvalue weighted by atomic mass is 10.0. The first-order chi connectivity index (χ1) is 8.63. The van der Waals surface area contributed by atoms with E-state index in [4.69, 9.17) is 4.98 Å². The average Bonchev–Trinajstić information content (AvgIpc) is 3.16. The number of hydrogen-bond acceptors (Lipinski definition) is 2. The van der Waals surface area contributed by atoms with Crippen LogP contribution in [0.2, 0.25) is 0 Å². The van der Waals surface area contributed by atoms with E-state index >= 15 is 0 Å². The Morgan fingerprint density at radius 2 is 1.83 bits per heavy atom. The van der Waals surface area contributed by atoms with E-state index in [0.29, 0.717) is 5.92 Å². The lowest BCUT2D eigenvalue weighted by Gasteiger charge is -2.07. The van der Waals surface area contributed by atoms with Crippen LogP contribution in [0.15, 0.2) is 28.9 Å². The van der Waals surface area contributed by atoms with Crippen molar-refractivity contribution in [3.8, 4) is 11.3 Å². The summed E-state index contributed by atoms with van der Waals surface area (Å²) in [6.07, 6.45) is 2.45. The molecule has 3 heteroatoms. The van der Waals surface area contributed by atoms with Gasteiger partial charge in [-0.25, -0.2) is 9.97 Å². The molecule has 0 atom stereocenters. The first kappa shape index (κ1) is 11.8. The van der Waals surface area contributed by atoms with Crippen LogP contribution in [0.1, 0.15) is 35.7 Å². The molecule has 1 aliphatic rings. The van der Waals surface area contributed by atoms with E-state index < -0.39 is 0 Å². The Morgan fingerprint density at radius 1 is 1.06 bits per heavy atom. The van der Waals surface area contributed by atoms with Gasteiger partial charge in [-0.2, -0.15) is 0 Å². The minimum atomic E-state index is 0.577. The van der Waals surface area contributed by atoms with Gasteiger partial charge in [0.2, 0.25) is 0 Å². The summed E-state index contributed by atoms with van der Waals surface area (Å²) in [4.78, 5) is 9.16. The van der Waals surface area contributed by atoms with Crippen LogP contribution in [0, 0.1) is 13.8 Å². The predicted molar refractivity (Wildman–Crippen MR) is 76.6 cm³/mol. The second kappa shape index (κ2) is 4.47. The van der Waals surface area contributed by atoms with Gasteiger partial charge in [0.05, 0.1) is 5.69 Å². The highest BCUT2D eigenvalue weighted by Crippen LogP contribution is 2.39. The van der Waals surface area contributed by atoms with Crippen LogP contribution in [0.3, 0.4) is 0 Å². The van der Waals surface area contributed by atoms with E-state index in [1.54, 1.807) is 0 Å². The maximum absolute atomic E-state index is 4.70. The number of aromatic nitrogens is 2. The lowest BCUT2D eigenvalue weighted by molar-refractivity contribution is 0.919. The molecule has 18 heavy (non-hydrogen) atoms. The van der Waals surface area contributed by atoms with Gasteiger partial charge in [-0.1, -0.05) is 12.1 Å². The highest BCUT2D eigenvalue weighted by Gasteiger charge is 2.27. The number of rotatable bonds is 2. The minimum absolute atomic E-state index is 0.577. The van der Waals surface area contributed by atoms with E-state index in [2.05, 4.69) is 53.0 Å². The Labute approximate surface area is 116 Å². The summed E-state index contributed by atoms with van der Waals surface area (Å²) in [5.74, 6) is 1.56. The summed E-state index contributed by atoms with van der Waals surface area (Å²) in [7, 11) is 0. The molecule has 0 unspecified atom stereocenters. The third-order valence-corrected chi connectivity index (χ3v) is 3.86. The first-order valence-electron chi connectivity index (χ1n) is 6.25. The summed E-state index contributed by atoms with van der Waals surface area (Å²) in [5, 5.41) is 0. The molecule has 0 aliphatic heterocycles.